The number of aliphatic hydroxyl groups excluding tert-OH is 1. The summed E-state index contributed by atoms with van der Waals surface area (Å²) in [6.45, 7) is 3.49. The van der Waals surface area contributed by atoms with Gasteiger partial charge in [0.05, 0.1) is 11.3 Å². The zero-order chi connectivity index (χ0) is 21.6. The maximum Gasteiger partial charge on any atom is 0.300 e. The number of carbonyl (C=O) groups excluding carboxylic acids is 2. The minimum atomic E-state index is -1.10. The van der Waals surface area contributed by atoms with Crippen LogP contribution in [0.5, 0.6) is 5.75 Å². The van der Waals surface area contributed by atoms with Gasteiger partial charge < -0.3 is 14.6 Å². The van der Waals surface area contributed by atoms with Crippen molar-refractivity contribution in [2.75, 3.05) is 4.90 Å². The molecule has 1 saturated heterocycles. The third-order valence-corrected chi connectivity index (χ3v) is 4.98. The monoisotopic (exact) mass is 407 g/mol. The van der Waals surface area contributed by atoms with E-state index >= 15 is 0 Å². The SMILES string of the molecule is Cc1ccc(O)c(N2C(=O)C(=O)/C(=C(\O)c3ccc(F)cc3)C2c2ccc(C)o2)c1. The fourth-order valence-corrected chi connectivity index (χ4v) is 3.54. The molecule has 0 spiro atoms. The number of carbonyl (C=O) groups is 2. The first-order valence-corrected chi connectivity index (χ1v) is 9.21. The molecular weight excluding hydrogens is 389 g/mol. The molecule has 4 rings (SSSR count). The summed E-state index contributed by atoms with van der Waals surface area (Å²) in [7, 11) is 0. The number of halogens is 1. The number of benzene rings is 2. The summed E-state index contributed by atoms with van der Waals surface area (Å²) in [5.41, 5.74) is 0.852. The Hall–Kier alpha value is -3.87. The van der Waals surface area contributed by atoms with Crippen molar-refractivity contribution in [2.45, 2.75) is 19.9 Å². The van der Waals surface area contributed by atoms with Crippen molar-refractivity contribution in [3.05, 3.63) is 88.6 Å². The van der Waals surface area contributed by atoms with Crippen LogP contribution in [0.4, 0.5) is 10.1 Å². The molecular formula is C23H18FNO5. The highest BCUT2D eigenvalue weighted by molar-refractivity contribution is 6.51. The Morgan fingerprint density at radius 3 is 2.37 bits per heavy atom. The number of amides is 1. The van der Waals surface area contributed by atoms with Crippen molar-refractivity contribution >= 4 is 23.1 Å². The van der Waals surface area contributed by atoms with Gasteiger partial charge >= 0.3 is 0 Å². The van der Waals surface area contributed by atoms with Crippen LogP contribution in [-0.4, -0.2) is 21.9 Å². The topological polar surface area (TPSA) is 91.0 Å². The van der Waals surface area contributed by atoms with Gasteiger partial charge in [-0.1, -0.05) is 6.07 Å². The van der Waals surface area contributed by atoms with Gasteiger partial charge in [-0.15, -0.1) is 0 Å². The molecule has 1 atom stereocenters. The Balaban J connectivity index is 1.97. The van der Waals surface area contributed by atoms with E-state index in [0.717, 1.165) is 22.6 Å². The molecule has 1 fully saturated rings. The molecule has 0 bridgehead atoms. The lowest BCUT2D eigenvalue weighted by atomic mass is 9.99. The van der Waals surface area contributed by atoms with Crippen molar-refractivity contribution in [3.8, 4) is 5.75 Å². The van der Waals surface area contributed by atoms with Crippen molar-refractivity contribution in [2.24, 2.45) is 0 Å². The van der Waals surface area contributed by atoms with Gasteiger partial charge in [-0.3, -0.25) is 14.5 Å². The van der Waals surface area contributed by atoms with Gasteiger partial charge in [0.1, 0.15) is 34.9 Å². The van der Waals surface area contributed by atoms with E-state index in [1.165, 1.54) is 18.2 Å². The number of phenols is 1. The number of aryl methyl sites for hydroxylation is 2. The lowest BCUT2D eigenvalue weighted by Gasteiger charge is -2.24. The van der Waals surface area contributed by atoms with Crippen molar-refractivity contribution in [3.63, 3.8) is 0 Å². The number of nitrogens with zero attached hydrogens (tertiary/aromatic N) is 1. The van der Waals surface area contributed by atoms with Crippen LogP contribution in [0.25, 0.3) is 5.76 Å². The van der Waals surface area contributed by atoms with Crippen molar-refractivity contribution in [1.29, 1.82) is 0 Å². The normalized spacial score (nSPS) is 18.2. The molecule has 6 nitrogen and oxygen atoms in total. The summed E-state index contributed by atoms with van der Waals surface area (Å²) < 4.78 is 19.0. The Kier molecular flexibility index (Phi) is 4.66. The standard InChI is InChI=1S/C23H18FNO5/c1-12-3-9-17(26)16(11-12)25-20(18-10-4-13(2)30-18)19(22(28)23(25)29)21(27)14-5-7-15(24)8-6-14/h3-11,20,26-27H,1-2H3/b21-19-. The molecule has 0 saturated carbocycles. The summed E-state index contributed by atoms with van der Waals surface area (Å²) in [6.07, 6.45) is 0. The molecule has 0 radical (unpaired) electrons. The molecule has 2 heterocycles. The largest absolute Gasteiger partial charge is 0.507 e. The minimum absolute atomic E-state index is 0.120. The van der Waals surface area contributed by atoms with Crippen LogP contribution < -0.4 is 4.90 Å². The molecule has 0 aliphatic carbocycles. The Labute approximate surface area is 171 Å². The van der Waals surface area contributed by atoms with E-state index in [4.69, 9.17) is 4.42 Å². The number of rotatable bonds is 3. The fourth-order valence-electron chi connectivity index (χ4n) is 3.54. The molecule has 3 aromatic rings. The second-order valence-corrected chi connectivity index (χ2v) is 7.12. The van der Waals surface area contributed by atoms with Crippen LogP contribution in [0.1, 0.15) is 28.7 Å². The molecule has 2 aromatic carbocycles. The lowest BCUT2D eigenvalue weighted by Crippen LogP contribution is -2.29. The number of aliphatic hydroxyl groups is 1. The maximum absolute atomic E-state index is 13.3. The highest BCUT2D eigenvalue weighted by Crippen LogP contribution is 2.45. The second-order valence-electron chi connectivity index (χ2n) is 7.12. The average Bonchev–Trinajstić information content (AvgIpc) is 3.25. The first-order chi connectivity index (χ1) is 14.3. The highest BCUT2D eigenvalue weighted by Gasteiger charge is 2.49. The van der Waals surface area contributed by atoms with E-state index in [9.17, 15) is 24.2 Å². The predicted molar refractivity (Wildman–Crippen MR) is 107 cm³/mol. The van der Waals surface area contributed by atoms with E-state index in [-0.39, 0.29) is 28.3 Å². The highest BCUT2D eigenvalue weighted by atomic mass is 19.1. The predicted octanol–water partition coefficient (Wildman–Crippen LogP) is 4.37. The third-order valence-electron chi connectivity index (χ3n) is 4.98. The van der Waals surface area contributed by atoms with Crippen LogP contribution in [-0.2, 0) is 9.59 Å². The van der Waals surface area contributed by atoms with Crippen LogP contribution in [0.3, 0.4) is 0 Å². The smallest absolute Gasteiger partial charge is 0.300 e. The first kappa shape index (κ1) is 19.4. The van der Waals surface area contributed by atoms with Crippen LogP contribution >= 0.6 is 0 Å². The van der Waals surface area contributed by atoms with Gasteiger partial charge in [0.15, 0.2) is 0 Å². The van der Waals surface area contributed by atoms with Crippen LogP contribution in [0, 0.1) is 19.7 Å². The third kappa shape index (κ3) is 3.14. The second kappa shape index (κ2) is 7.18. The zero-order valence-corrected chi connectivity index (χ0v) is 16.2. The number of furan rings is 1. The average molecular weight is 407 g/mol. The number of Topliss-reactive ketones (excluding diaryl/α,β-unsaturated/α-hetero) is 1. The molecule has 1 aliphatic heterocycles. The van der Waals surface area contributed by atoms with Gasteiger partial charge in [0, 0.05) is 5.56 Å². The van der Waals surface area contributed by atoms with Crippen molar-refractivity contribution < 1.29 is 28.6 Å². The van der Waals surface area contributed by atoms with E-state index < -0.39 is 29.3 Å². The van der Waals surface area contributed by atoms with E-state index in [1.807, 2.05) is 0 Å². The van der Waals surface area contributed by atoms with Crippen LogP contribution in [0.2, 0.25) is 0 Å². The number of anilines is 1. The molecule has 2 N–H and O–H groups in total. The molecule has 1 unspecified atom stereocenters. The van der Waals surface area contributed by atoms with Gasteiger partial charge in [-0.2, -0.15) is 0 Å². The van der Waals surface area contributed by atoms with Gasteiger partial charge in [-0.05, 0) is 67.9 Å². The Morgan fingerprint density at radius 2 is 1.73 bits per heavy atom. The zero-order valence-electron chi connectivity index (χ0n) is 16.2. The number of hydrogen-bond acceptors (Lipinski definition) is 5. The minimum Gasteiger partial charge on any atom is -0.507 e. The maximum atomic E-state index is 13.3. The van der Waals surface area contributed by atoms with Gasteiger partial charge in [0.25, 0.3) is 11.7 Å². The fraction of sp³-hybridized carbons (Fsp3) is 0.130. The summed E-state index contributed by atoms with van der Waals surface area (Å²) in [5.74, 6) is -2.22. The summed E-state index contributed by atoms with van der Waals surface area (Å²) in [4.78, 5) is 27.0. The first-order valence-electron chi connectivity index (χ1n) is 9.21. The lowest BCUT2D eigenvalue weighted by molar-refractivity contribution is -0.132. The summed E-state index contributed by atoms with van der Waals surface area (Å²) in [5, 5.41) is 21.3. The molecule has 30 heavy (non-hydrogen) atoms. The number of ketones is 1. The number of hydrogen-bond donors (Lipinski definition) is 2. The van der Waals surface area contributed by atoms with E-state index in [0.29, 0.717) is 5.76 Å². The summed E-state index contributed by atoms with van der Waals surface area (Å²) >= 11 is 0. The van der Waals surface area contributed by atoms with Crippen molar-refractivity contribution in [1.82, 2.24) is 0 Å². The quantitative estimate of drug-likeness (QED) is 0.382. The van der Waals surface area contributed by atoms with Gasteiger partial charge in [0.2, 0.25) is 0 Å². The number of aromatic hydroxyl groups is 1. The van der Waals surface area contributed by atoms with E-state index in [1.54, 1.807) is 38.1 Å². The van der Waals surface area contributed by atoms with Crippen LogP contribution in [0.15, 0.2) is 64.6 Å². The molecule has 1 aliphatic rings. The molecule has 7 heteroatoms. The van der Waals surface area contributed by atoms with Gasteiger partial charge in [-0.25, -0.2) is 4.39 Å². The summed E-state index contributed by atoms with van der Waals surface area (Å²) in [6, 6.07) is 11.7. The molecule has 152 valence electrons. The Morgan fingerprint density at radius 1 is 1.03 bits per heavy atom. The van der Waals surface area contributed by atoms with E-state index in [2.05, 4.69) is 0 Å². The Bertz CT molecular complexity index is 1190. The molecule has 1 aromatic heterocycles. The number of phenolic OH excluding ortho intramolecular Hbond substituents is 1. The molecule has 1 amide bonds.